The first-order valence-corrected chi connectivity index (χ1v) is 11.3. The van der Waals surface area contributed by atoms with Crippen LogP contribution in [0.15, 0.2) is 24.3 Å². The van der Waals surface area contributed by atoms with Gasteiger partial charge < -0.3 is 15.0 Å². The van der Waals surface area contributed by atoms with Crippen LogP contribution in [0.4, 0.5) is 0 Å². The van der Waals surface area contributed by atoms with Crippen LogP contribution in [-0.2, 0) is 9.53 Å². The van der Waals surface area contributed by atoms with Gasteiger partial charge in [-0.05, 0) is 62.4 Å². The maximum Gasteiger partial charge on any atom is 0.261 e. The predicted octanol–water partition coefficient (Wildman–Crippen LogP) is 2.88. The van der Waals surface area contributed by atoms with Gasteiger partial charge in [-0.3, -0.25) is 14.5 Å². The predicted molar refractivity (Wildman–Crippen MR) is 118 cm³/mol. The number of hydrogen-bond acceptors (Lipinski definition) is 5. The minimum Gasteiger partial charge on any atom is -0.383 e. The fourth-order valence-corrected chi connectivity index (χ4v) is 4.82. The second kappa shape index (κ2) is 10.7. The number of amides is 2. The summed E-state index contributed by atoms with van der Waals surface area (Å²) in [7, 11) is 3.19. The van der Waals surface area contributed by atoms with E-state index in [9.17, 15) is 9.59 Å². The van der Waals surface area contributed by atoms with Crippen molar-refractivity contribution in [1.82, 2.24) is 15.1 Å². The molecule has 1 aliphatic heterocycles. The Morgan fingerprint density at radius 3 is 2.42 bits per heavy atom. The van der Waals surface area contributed by atoms with Gasteiger partial charge in [0.15, 0.2) is 6.19 Å². The van der Waals surface area contributed by atoms with Crippen LogP contribution in [0.5, 0.6) is 0 Å². The molecule has 1 aromatic carbocycles. The first-order chi connectivity index (χ1) is 15.0. The summed E-state index contributed by atoms with van der Waals surface area (Å²) in [5, 5.41) is 12.1. The summed E-state index contributed by atoms with van der Waals surface area (Å²) in [5.41, 5.74) is 0.835. The number of nitriles is 1. The quantitative estimate of drug-likeness (QED) is 0.535. The molecule has 0 atom stereocenters. The highest BCUT2D eigenvalue weighted by atomic mass is 16.5. The zero-order valence-corrected chi connectivity index (χ0v) is 18.7. The summed E-state index contributed by atoms with van der Waals surface area (Å²) in [6.45, 7) is 3.87. The highest BCUT2D eigenvalue weighted by Gasteiger charge is 2.42. The molecule has 1 saturated carbocycles. The van der Waals surface area contributed by atoms with Crippen LogP contribution < -0.4 is 5.32 Å². The SMILES string of the molecule is COCCN1CCC(c2ccc(C(=O)NC3(C(=O)N(C)C#N)CCCCC3)cc2)CC1. The maximum absolute atomic E-state index is 13.0. The molecule has 7 heteroatoms. The molecule has 1 N–H and O–H groups in total. The van der Waals surface area contributed by atoms with Gasteiger partial charge in [-0.1, -0.05) is 31.4 Å². The van der Waals surface area contributed by atoms with E-state index in [1.54, 1.807) is 7.11 Å². The van der Waals surface area contributed by atoms with Crippen LogP contribution in [0.2, 0.25) is 0 Å². The molecule has 168 valence electrons. The lowest BCUT2D eigenvalue weighted by molar-refractivity contribution is -0.135. The Balaban J connectivity index is 1.63. The third kappa shape index (κ3) is 5.63. The van der Waals surface area contributed by atoms with E-state index in [1.165, 1.54) is 12.6 Å². The molecule has 3 rings (SSSR count). The van der Waals surface area contributed by atoms with Gasteiger partial charge in [0.1, 0.15) is 5.54 Å². The van der Waals surface area contributed by atoms with Gasteiger partial charge in [0.2, 0.25) is 0 Å². The molecule has 1 aromatic rings. The number of ether oxygens (including phenoxy) is 1. The van der Waals surface area contributed by atoms with Crippen molar-refractivity contribution < 1.29 is 14.3 Å². The molecule has 0 aromatic heterocycles. The molecule has 1 saturated heterocycles. The van der Waals surface area contributed by atoms with Crippen molar-refractivity contribution in [3.63, 3.8) is 0 Å². The molecule has 0 unspecified atom stereocenters. The lowest BCUT2D eigenvalue weighted by atomic mass is 9.80. The fourth-order valence-electron chi connectivity index (χ4n) is 4.82. The Morgan fingerprint density at radius 2 is 1.84 bits per heavy atom. The molecule has 1 aliphatic carbocycles. The van der Waals surface area contributed by atoms with Gasteiger partial charge >= 0.3 is 0 Å². The van der Waals surface area contributed by atoms with Crippen LogP contribution >= 0.6 is 0 Å². The van der Waals surface area contributed by atoms with Gasteiger partial charge in [-0.25, -0.2) is 0 Å². The van der Waals surface area contributed by atoms with Crippen LogP contribution in [0.3, 0.4) is 0 Å². The van der Waals surface area contributed by atoms with Crippen molar-refractivity contribution >= 4 is 11.8 Å². The molecule has 1 heterocycles. The van der Waals surface area contributed by atoms with Gasteiger partial charge in [0.05, 0.1) is 6.61 Å². The molecule has 2 aliphatic rings. The molecule has 0 spiro atoms. The Morgan fingerprint density at radius 1 is 1.19 bits per heavy atom. The molecule has 7 nitrogen and oxygen atoms in total. The van der Waals surface area contributed by atoms with Crippen LogP contribution in [0, 0.1) is 11.5 Å². The van der Waals surface area contributed by atoms with Crippen LogP contribution in [-0.4, -0.2) is 67.6 Å². The smallest absolute Gasteiger partial charge is 0.261 e. The number of nitrogens with zero attached hydrogens (tertiary/aromatic N) is 3. The third-order valence-corrected chi connectivity index (χ3v) is 6.77. The van der Waals surface area contributed by atoms with E-state index in [-0.39, 0.29) is 11.8 Å². The monoisotopic (exact) mass is 426 g/mol. The topological polar surface area (TPSA) is 85.7 Å². The minimum absolute atomic E-state index is 0.248. The van der Waals surface area contributed by atoms with Gasteiger partial charge in [0.25, 0.3) is 11.8 Å². The largest absolute Gasteiger partial charge is 0.383 e. The standard InChI is InChI=1S/C24H34N4O3/c1-27(18-25)23(30)24(12-4-3-5-13-24)26-22(29)21-8-6-19(7-9-21)20-10-14-28(15-11-20)16-17-31-2/h6-9,20H,3-5,10-17H2,1-2H3,(H,26,29). The summed E-state index contributed by atoms with van der Waals surface area (Å²) in [5.74, 6) is -0.0612. The van der Waals surface area contributed by atoms with E-state index >= 15 is 0 Å². The zero-order chi connectivity index (χ0) is 22.3. The zero-order valence-electron chi connectivity index (χ0n) is 18.7. The van der Waals surface area contributed by atoms with E-state index in [1.807, 2.05) is 30.5 Å². The second-order valence-corrected chi connectivity index (χ2v) is 8.79. The normalized spacial score (nSPS) is 19.4. The number of likely N-dealkylation sites (tertiary alicyclic amines) is 1. The van der Waals surface area contributed by atoms with Gasteiger partial charge in [-0.2, -0.15) is 5.26 Å². The lowest BCUT2D eigenvalue weighted by Crippen LogP contribution is -2.59. The molecule has 31 heavy (non-hydrogen) atoms. The average molecular weight is 427 g/mol. The number of methoxy groups -OCH3 is 1. The molecule has 0 radical (unpaired) electrons. The lowest BCUT2D eigenvalue weighted by Gasteiger charge is -2.37. The van der Waals surface area contributed by atoms with Crippen molar-refractivity contribution in [1.29, 1.82) is 5.26 Å². The number of nitrogens with one attached hydrogen (secondary N) is 1. The highest BCUT2D eigenvalue weighted by molar-refractivity contribution is 5.99. The summed E-state index contributed by atoms with van der Waals surface area (Å²) in [6.07, 6.45) is 8.01. The van der Waals surface area contributed by atoms with Gasteiger partial charge in [0, 0.05) is 26.3 Å². The summed E-state index contributed by atoms with van der Waals surface area (Å²) >= 11 is 0. The molecule has 2 amide bonds. The second-order valence-electron chi connectivity index (χ2n) is 8.79. The van der Waals surface area contributed by atoms with E-state index in [0.717, 1.165) is 63.2 Å². The van der Waals surface area contributed by atoms with Crippen molar-refractivity contribution in [3.05, 3.63) is 35.4 Å². The number of piperidine rings is 1. The van der Waals surface area contributed by atoms with E-state index in [0.29, 0.717) is 24.3 Å². The van der Waals surface area contributed by atoms with E-state index < -0.39 is 5.54 Å². The van der Waals surface area contributed by atoms with Crippen molar-refractivity contribution in [2.75, 3.05) is 40.4 Å². The maximum atomic E-state index is 13.0. The number of benzene rings is 1. The Kier molecular flexibility index (Phi) is 8.05. The molecule has 0 bridgehead atoms. The summed E-state index contributed by atoms with van der Waals surface area (Å²) in [6, 6.07) is 7.80. The fraction of sp³-hybridized carbons (Fsp3) is 0.625. The Hall–Kier alpha value is -2.43. The Bertz CT molecular complexity index is 788. The van der Waals surface area contributed by atoms with Crippen molar-refractivity contribution in [2.45, 2.75) is 56.4 Å². The Labute approximate surface area is 185 Å². The number of hydrogen-bond donors (Lipinski definition) is 1. The van der Waals surface area contributed by atoms with Crippen LogP contribution in [0.1, 0.15) is 66.8 Å². The summed E-state index contributed by atoms with van der Waals surface area (Å²) < 4.78 is 5.17. The number of likely N-dealkylation sites (N-methyl/N-ethyl adjacent to an activating group) is 1. The minimum atomic E-state index is -0.979. The molecular weight excluding hydrogens is 392 g/mol. The summed E-state index contributed by atoms with van der Waals surface area (Å²) in [4.78, 5) is 29.3. The number of carbonyl (C=O) groups is 2. The van der Waals surface area contributed by atoms with Gasteiger partial charge in [-0.15, -0.1) is 0 Å². The van der Waals surface area contributed by atoms with Crippen LogP contribution in [0.25, 0.3) is 0 Å². The van der Waals surface area contributed by atoms with E-state index in [4.69, 9.17) is 10.00 Å². The molecular formula is C24H34N4O3. The number of rotatable bonds is 7. The van der Waals surface area contributed by atoms with Crippen molar-refractivity contribution in [3.8, 4) is 6.19 Å². The first kappa shape index (κ1) is 23.2. The van der Waals surface area contributed by atoms with Crippen molar-refractivity contribution in [2.24, 2.45) is 0 Å². The first-order valence-electron chi connectivity index (χ1n) is 11.3. The highest BCUT2D eigenvalue weighted by Crippen LogP contribution is 2.31. The third-order valence-electron chi connectivity index (χ3n) is 6.77. The number of carbonyl (C=O) groups excluding carboxylic acids is 2. The average Bonchev–Trinajstić information content (AvgIpc) is 2.82. The van der Waals surface area contributed by atoms with E-state index in [2.05, 4.69) is 10.2 Å². The molecule has 2 fully saturated rings.